The van der Waals surface area contributed by atoms with E-state index in [-0.39, 0.29) is 5.91 Å². The van der Waals surface area contributed by atoms with Gasteiger partial charge in [-0.2, -0.15) is 0 Å². The summed E-state index contributed by atoms with van der Waals surface area (Å²) in [6.45, 7) is 7.78. The van der Waals surface area contributed by atoms with Gasteiger partial charge in [-0.05, 0) is 43.7 Å². The minimum atomic E-state index is -0.0292. The lowest BCUT2D eigenvalue weighted by atomic mass is 10.2. The molecule has 1 aliphatic heterocycles. The molecule has 1 N–H and O–H groups in total. The third-order valence-corrected chi connectivity index (χ3v) is 4.89. The Morgan fingerprint density at radius 1 is 1.14 bits per heavy atom. The molecule has 2 heterocycles. The van der Waals surface area contributed by atoms with Gasteiger partial charge in [0.1, 0.15) is 11.4 Å². The van der Waals surface area contributed by atoms with E-state index in [1.165, 1.54) is 0 Å². The molecule has 0 radical (unpaired) electrons. The van der Waals surface area contributed by atoms with Gasteiger partial charge in [0.15, 0.2) is 0 Å². The Morgan fingerprint density at radius 2 is 1.86 bits per heavy atom. The zero-order chi connectivity index (χ0) is 19.9. The smallest absolute Gasteiger partial charge is 0.272 e. The van der Waals surface area contributed by atoms with Gasteiger partial charge < -0.3 is 19.9 Å². The fourth-order valence-corrected chi connectivity index (χ4v) is 3.26. The highest BCUT2D eigenvalue weighted by Crippen LogP contribution is 2.21. The number of hydrogen-bond acceptors (Lipinski definition) is 6. The van der Waals surface area contributed by atoms with E-state index in [0.29, 0.717) is 24.7 Å². The molecule has 1 fully saturated rings. The number of benzene rings is 1. The number of ether oxygens (including phenoxy) is 1. The fraction of sp³-hybridized carbons (Fsp3) is 0.476. The maximum absolute atomic E-state index is 12.9. The van der Waals surface area contributed by atoms with Crippen molar-refractivity contribution in [3.63, 3.8) is 0 Å². The van der Waals surface area contributed by atoms with E-state index >= 15 is 0 Å². The molecule has 1 amide bonds. The molecule has 0 atom stereocenters. The first-order valence-electron chi connectivity index (χ1n) is 9.88. The highest BCUT2D eigenvalue weighted by Gasteiger charge is 2.24. The van der Waals surface area contributed by atoms with Crippen LogP contribution in [-0.4, -0.2) is 60.6 Å². The number of anilines is 2. The fourth-order valence-electron chi connectivity index (χ4n) is 3.26. The van der Waals surface area contributed by atoms with Gasteiger partial charge in [-0.1, -0.05) is 13.3 Å². The molecule has 1 aromatic carbocycles. The molecule has 28 heavy (non-hydrogen) atoms. The van der Waals surface area contributed by atoms with Gasteiger partial charge in [0.05, 0.1) is 7.11 Å². The number of carbonyl (C=O) groups is 1. The lowest BCUT2D eigenvalue weighted by molar-refractivity contribution is 0.0740. The standard InChI is InChI=1S/C21H29N5O2/c1-4-5-10-22-21-23-16(2)15-19(24-21)20(27)26-13-11-25(12-14-26)17-6-8-18(28-3)9-7-17/h6-9,15H,4-5,10-14H2,1-3H3,(H,22,23,24). The molecule has 1 aliphatic rings. The maximum Gasteiger partial charge on any atom is 0.272 e. The number of hydrogen-bond donors (Lipinski definition) is 1. The molecule has 150 valence electrons. The SMILES string of the molecule is CCCCNc1nc(C)cc(C(=O)N2CCN(c3ccc(OC)cc3)CC2)n1. The highest BCUT2D eigenvalue weighted by atomic mass is 16.5. The number of amides is 1. The molecule has 2 aromatic rings. The molecule has 0 aliphatic carbocycles. The van der Waals surface area contributed by atoms with Crippen molar-refractivity contribution in [1.29, 1.82) is 0 Å². The zero-order valence-electron chi connectivity index (χ0n) is 16.9. The molecule has 3 rings (SSSR count). The average Bonchev–Trinajstić information content (AvgIpc) is 2.73. The van der Waals surface area contributed by atoms with Crippen LogP contribution in [0.2, 0.25) is 0 Å². The second kappa shape index (κ2) is 9.39. The Kier molecular flexibility index (Phi) is 6.68. The highest BCUT2D eigenvalue weighted by molar-refractivity contribution is 5.92. The minimum Gasteiger partial charge on any atom is -0.497 e. The Bertz CT molecular complexity index is 786. The first-order valence-corrected chi connectivity index (χ1v) is 9.88. The zero-order valence-corrected chi connectivity index (χ0v) is 16.9. The number of methoxy groups -OCH3 is 1. The predicted molar refractivity (Wildman–Crippen MR) is 111 cm³/mol. The molecule has 7 heteroatoms. The first kappa shape index (κ1) is 19.9. The van der Waals surface area contributed by atoms with Gasteiger partial charge >= 0.3 is 0 Å². The van der Waals surface area contributed by atoms with Crippen molar-refractivity contribution in [2.75, 3.05) is 50.1 Å². The van der Waals surface area contributed by atoms with E-state index in [1.54, 1.807) is 13.2 Å². The summed E-state index contributed by atoms with van der Waals surface area (Å²) in [6.07, 6.45) is 2.15. The van der Waals surface area contributed by atoms with Crippen LogP contribution in [0.4, 0.5) is 11.6 Å². The number of carbonyl (C=O) groups excluding carboxylic acids is 1. The summed E-state index contributed by atoms with van der Waals surface area (Å²) >= 11 is 0. The molecule has 7 nitrogen and oxygen atoms in total. The van der Waals surface area contributed by atoms with E-state index in [4.69, 9.17) is 4.74 Å². The van der Waals surface area contributed by atoms with Crippen molar-refractivity contribution < 1.29 is 9.53 Å². The average molecular weight is 383 g/mol. The van der Waals surface area contributed by atoms with Crippen molar-refractivity contribution >= 4 is 17.5 Å². The molecule has 0 saturated carbocycles. The van der Waals surface area contributed by atoms with Crippen molar-refractivity contribution in [1.82, 2.24) is 14.9 Å². The molecular weight excluding hydrogens is 354 g/mol. The summed E-state index contributed by atoms with van der Waals surface area (Å²) in [5.74, 6) is 1.35. The monoisotopic (exact) mass is 383 g/mol. The van der Waals surface area contributed by atoms with E-state index in [2.05, 4.69) is 39.2 Å². The summed E-state index contributed by atoms with van der Waals surface area (Å²) in [4.78, 5) is 25.9. The lowest BCUT2D eigenvalue weighted by Crippen LogP contribution is -2.49. The minimum absolute atomic E-state index is 0.0292. The van der Waals surface area contributed by atoms with Crippen LogP contribution in [0.5, 0.6) is 5.75 Å². The molecule has 0 spiro atoms. The number of unbranched alkanes of at least 4 members (excludes halogenated alkanes) is 1. The van der Waals surface area contributed by atoms with Crippen LogP contribution in [0, 0.1) is 6.92 Å². The molecule has 0 unspecified atom stereocenters. The Balaban J connectivity index is 1.61. The molecular formula is C21H29N5O2. The predicted octanol–water partition coefficient (Wildman–Crippen LogP) is 2.97. The van der Waals surface area contributed by atoms with Gasteiger partial charge in [0.2, 0.25) is 5.95 Å². The van der Waals surface area contributed by atoms with Gasteiger partial charge in [-0.3, -0.25) is 4.79 Å². The summed E-state index contributed by atoms with van der Waals surface area (Å²) < 4.78 is 5.22. The van der Waals surface area contributed by atoms with E-state index in [0.717, 1.165) is 49.6 Å². The van der Waals surface area contributed by atoms with E-state index < -0.39 is 0 Å². The Hall–Kier alpha value is -2.83. The van der Waals surface area contributed by atoms with Gasteiger partial charge in [0, 0.05) is 44.1 Å². The number of aromatic nitrogens is 2. The van der Waals surface area contributed by atoms with Crippen LogP contribution < -0.4 is 15.0 Å². The van der Waals surface area contributed by atoms with Gasteiger partial charge in [-0.25, -0.2) is 9.97 Å². The van der Waals surface area contributed by atoms with Crippen LogP contribution in [0.3, 0.4) is 0 Å². The second-order valence-electron chi connectivity index (χ2n) is 6.98. The largest absolute Gasteiger partial charge is 0.497 e. The van der Waals surface area contributed by atoms with Crippen LogP contribution >= 0.6 is 0 Å². The lowest BCUT2D eigenvalue weighted by Gasteiger charge is -2.36. The first-order chi connectivity index (χ1) is 13.6. The second-order valence-corrected chi connectivity index (χ2v) is 6.98. The molecule has 1 aromatic heterocycles. The van der Waals surface area contributed by atoms with E-state index in [1.807, 2.05) is 24.0 Å². The maximum atomic E-state index is 12.9. The molecule has 0 bridgehead atoms. The summed E-state index contributed by atoms with van der Waals surface area (Å²) in [5, 5.41) is 3.21. The molecule has 1 saturated heterocycles. The Morgan fingerprint density at radius 3 is 2.50 bits per heavy atom. The number of piperazine rings is 1. The number of aryl methyl sites for hydroxylation is 1. The van der Waals surface area contributed by atoms with Crippen LogP contribution in [0.15, 0.2) is 30.3 Å². The summed E-state index contributed by atoms with van der Waals surface area (Å²) in [5.41, 5.74) is 2.41. The number of nitrogens with one attached hydrogen (secondary N) is 1. The summed E-state index contributed by atoms with van der Waals surface area (Å²) in [7, 11) is 1.67. The van der Waals surface area contributed by atoms with Crippen molar-refractivity contribution in [3.8, 4) is 5.75 Å². The van der Waals surface area contributed by atoms with Gasteiger partial charge in [0.25, 0.3) is 5.91 Å². The summed E-state index contributed by atoms with van der Waals surface area (Å²) in [6, 6.07) is 9.80. The number of rotatable bonds is 7. The van der Waals surface area contributed by atoms with E-state index in [9.17, 15) is 4.79 Å². The number of nitrogens with zero attached hydrogens (tertiary/aromatic N) is 4. The third-order valence-electron chi connectivity index (χ3n) is 4.89. The van der Waals surface area contributed by atoms with Gasteiger partial charge in [-0.15, -0.1) is 0 Å². The topological polar surface area (TPSA) is 70.6 Å². The van der Waals surface area contributed by atoms with Crippen LogP contribution in [0.1, 0.15) is 35.9 Å². The van der Waals surface area contributed by atoms with Crippen LogP contribution in [0.25, 0.3) is 0 Å². The normalized spacial score (nSPS) is 14.1. The van der Waals surface area contributed by atoms with Crippen LogP contribution in [-0.2, 0) is 0 Å². The quantitative estimate of drug-likeness (QED) is 0.741. The van der Waals surface area contributed by atoms with Crippen molar-refractivity contribution in [3.05, 3.63) is 41.7 Å². The third kappa shape index (κ3) is 4.91. The Labute approximate surface area is 166 Å². The van der Waals surface area contributed by atoms with Crippen molar-refractivity contribution in [2.45, 2.75) is 26.7 Å². The van der Waals surface area contributed by atoms with Crippen molar-refractivity contribution in [2.24, 2.45) is 0 Å².